The van der Waals surface area contributed by atoms with Gasteiger partial charge in [0, 0.05) is 15.8 Å². The average Bonchev–Trinajstić information content (AvgIpc) is 3.06. The summed E-state index contributed by atoms with van der Waals surface area (Å²) in [5, 5.41) is 3.25. The van der Waals surface area contributed by atoms with Gasteiger partial charge in [-0.05, 0) is 36.4 Å². The maximum Gasteiger partial charge on any atom is 0.348 e. The van der Waals surface area contributed by atoms with Gasteiger partial charge in [0.25, 0.3) is 5.91 Å². The van der Waals surface area contributed by atoms with Crippen molar-refractivity contribution < 1.29 is 23.5 Å². The van der Waals surface area contributed by atoms with Crippen LogP contribution >= 0.6 is 22.9 Å². The van der Waals surface area contributed by atoms with Crippen molar-refractivity contribution in [2.75, 3.05) is 19.0 Å². The van der Waals surface area contributed by atoms with Crippen molar-refractivity contribution in [3.8, 4) is 5.75 Å². The summed E-state index contributed by atoms with van der Waals surface area (Å²) in [6.45, 7) is -0.473. The summed E-state index contributed by atoms with van der Waals surface area (Å²) >= 11 is 7.08. The first-order valence-corrected chi connectivity index (χ1v) is 8.66. The summed E-state index contributed by atoms with van der Waals surface area (Å²) in [4.78, 5) is 24.2. The molecule has 0 saturated carbocycles. The van der Waals surface area contributed by atoms with E-state index in [4.69, 9.17) is 21.1 Å². The van der Waals surface area contributed by atoms with Gasteiger partial charge in [-0.3, -0.25) is 4.79 Å². The molecule has 0 fully saturated rings. The normalized spacial score (nSPS) is 10.6. The minimum atomic E-state index is -0.687. The Morgan fingerprint density at radius 2 is 2.04 bits per heavy atom. The Morgan fingerprint density at radius 3 is 2.73 bits per heavy atom. The summed E-state index contributed by atoms with van der Waals surface area (Å²) in [6.07, 6.45) is 0. The smallest absolute Gasteiger partial charge is 0.348 e. The van der Waals surface area contributed by atoms with Crippen molar-refractivity contribution in [2.45, 2.75) is 0 Å². The summed E-state index contributed by atoms with van der Waals surface area (Å²) in [5.74, 6) is -1.14. The largest absolute Gasteiger partial charge is 0.495 e. The van der Waals surface area contributed by atoms with Crippen LogP contribution in [0, 0.1) is 5.82 Å². The van der Waals surface area contributed by atoms with Crippen LogP contribution < -0.4 is 10.1 Å². The highest BCUT2D eigenvalue weighted by Gasteiger charge is 2.15. The third kappa shape index (κ3) is 3.95. The monoisotopic (exact) mass is 393 g/mol. The van der Waals surface area contributed by atoms with Gasteiger partial charge in [0.1, 0.15) is 16.4 Å². The van der Waals surface area contributed by atoms with E-state index in [1.807, 2.05) is 0 Å². The lowest BCUT2D eigenvalue weighted by molar-refractivity contribution is -0.119. The summed E-state index contributed by atoms with van der Waals surface area (Å²) in [6, 6.07) is 10.7. The van der Waals surface area contributed by atoms with Crippen LogP contribution in [-0.4, -0.2) is 25.6 Å². The van der Waals surface area contributed by atoms with E-state index in [1.165, 1.54) is 25.3 Å². The maximum atomic E-state index is 13.7. The predicted octanol–water partition coefficient (Wildman–Crippen LogP) is 4.50. The molecule has 0 unspecified atom stereocenters. The van der Waals surface area contributed by atoms with E-state index in [0.29, 0.717) is 26.5 Å². The Hall–Kier alpha value is -2.64. The molecule has 134 valence electrons. The van der Waals surface area contributed by atoms with Crippen LogP contribution in [0.4, 0.5) is 10.1 Å². The Balaban J connectivity index is 1.60. The van der Waals surface area contributed by atoms with Crippen molar-refractivity contribution in [1.82, 2.24) is 0 Å². The van der Waals surface area contributed by atoms with Gasteiger partial charge in [0.15, 0.2) is 6.61 Å². The van der Waals surface area contributed by atoms with E-state index >= 15 is 0 Å². The topological polar surface area (TPSA) is 64.6 Å². The average molecular weight is 394 g/mol. The number of hydrogen-bond donors (Lipinski definition) is 1. The molecule has 1 heterocycles. The second-order valence-electron chi connectivity index (χ2n) is 5.24. The summed E-state index contributed by atoms with van der Waals surface area (Å²) in [5.41, 5.74) is 0.445. The molecule has 0 aliphatic carbocycles. The molecule has 0 aliphatic rings. The Kier molecular flexibility index (Phi) is 5.39. The number of benzene rings is 2. The minimum Gasteiger partial charge on any atom is -0.495 e. The first kappa shape index (κ1) is 18.2. The molecule has 0 radical (unpaired) electrons. The molecule has 1 aromatic heterocycles. The molecule has 1 N–H and O–H groups in total. The predicted molar refractivity (Wildman–Crippen MR) is 98.7 cm³/mol. The molecule has 3 rings (SSSR count). The fraction of sp³-hybridized carbons (Fsp3) is 0.111. The number of halogens is 2. The number of rotatable bonds is 5. The number of hydrogen-bond acceptors (Lipinski definition) is 5. The number of fused-ring (bicyclic) bond motifs is 1. The number of nitrogens with one attached hydrogen (secondary N) is 1. The van der Waals surface area contributed by atoms with Crippen LogP contribution in [0.3, 0.4) is 0 Å². The molecule has 26 heavy (non-hydrogen) atoms. The van der Waals surface area contributed by atoms with Crippen molar-refractivity contribution in [3.05, 3.63) is 58.2 Å². The van der Waals surface area contributed by atoms with E-state index in [0.717, 1.165) is 11.3 Å². The number of methoxy groups -OCH3 is 1. The van der Waals surface area contributed by atoms with Gasteiger partial charge < -0.3 is 14.8 Å². The van der Waals surface area contributed by atoms with Crippen LogP contribution in [0.5, 0.6) is 5.75 Å². The van der Waals surface area contributed by atoms with Gasteiger partial charge in [-0.15, -0.1) is 11.3 Å². The molecular formula is C18H13ClFNO4S. The summed E-state index contributed by atoms with van der Waals surface area (Å²) in [7, 11) is 1.48. The number of amides is 1. The Morgan fingerprint density at radius 1 is 1.23 bits per heavy atom. The number of esters is 1. The maximum absolute atomic E-state index is 13.7. The quantitative estimate of drug-likeness (QED) is 0.648. The highest BCUT2D eigenvalue weighted by Crippen LogP contribution is 2.28. The first-order chi connectivity index (χ1) is 12.5. The molecule has 5 nitrogen and oxygen atoms in total. The van der Waals surface area contributed by atoms with E-state index in [2.05, 4.69) is 5.32 Å². The zero-order valence-electron chi connectivity index (χ0n) is 13.5. The van der Waals surface area contributed by atoms with Crippen LogP contribution in [0.15, 0.2) is 42.5 Å². The van der Waals surface area contributed by atoms with E-state index in [1.54, 1.807) is 24.3 Å². The standard InChI is InChI=1S/C18H13ClFNO4S/c1-24-14-6-5-10(7-12(14)19)21-17(22)9-25-18(23)16-8-11-13(20)3-2-4-15(11)26-16/h2-8H,9H2,1H3,(H,21,22). The number of thiophene rings is 1. The molecule has 2 aromatic carbocycles. The second kappa shape index (κ2) is 7.72. The van der Waals surface area contributed by atoms with E-state index in [9.17, 15) is 14.0 Å². The zero-order chi connectivity index (χ0) is 18.7. The molecule has 0 bridgehead atoms. The van der Waals surface area contributed by atoms with Gasteiger partial charge in [0.05, 0.1) is 12.1 Å². The third-order valence-corrected chi connectivity index (χ3v) is 4.86. The van der Waals surface area contributed by atoms with Crippen LogP contribution in [0.25, 0.3) is 10.1 Å². The fourth-order valence-electron chi connectivity index (χ4n) is 2.27. The van der Waals surface area contributed by atoms with Gasteiger partial charge in [-0.2, -0.15) is 0 Å². The van der Waals surface area contributed by atoms with Crippen molar-refractivity contribution in [2.24, 2.45) is 0 Å². The molecule has 8 heteroatoms. The molecule has 0 atom stereocenters. The van der Waals surface area contributed by atoms with E-state index in [-0.39, 0.29) is 4.88 Å². The molecule has 3 aromatic rings. The Labute approximate surface area is 157 Å². The minimum absolute atomic E-state index is 0.227. The number of ether oxygens (including phenoxy) is 2. The van der Waals surface area contributed by atoms with Crippen LogP contribution in [-0.2, 0) is 9.53 Å². The number of anilines is 1. The molecule has 0 spiro atoms. The Bertz CT molecular complexity index is 988. The highest BCUT2D eigenvalue weighted by molar-refractivity contribution is 7.20. The lowest BCUT2D eigenvalue weighted by Crippen LogP contribution is -2.20. The van der Waals surface area contributed by atoms with Gasteiger partial charge in [-0.25, -0.2) is 9.18 Å². The van der Waals surface area contributed by atoms with Crippen molar-refractivity contribution in [3.63, 3.8) is 0 Å². The molecule has 0 saturated heterocycles. The van der Waals surface area contributed by atoms with Gasteiger partial charge in [-0.1, -0.05) is 17.7 Å². The van der Waals surface area contributed by atoms with Crippen LogP contribution in [0.2, 0.25) is 5.02 Å². The van der Waals surface area contributed by atoms with Gasteiger partial charge in [0.2, 0.25) is 0 Å². The van der Waals surface area contributed by atoms with Gasteiger partial charge >= 0.3 is 5.97 Å². The molecule has 1 amide bonds. The second-order valence-corrected chi connectivity index (χ2v) is 6.73. The third-order valence-electron chi connectivity index (χ3n) is 3.48. The highest BCUT2D eigenvalue weighted by atomic mass is 35.5. The SMILES string of the molecule is COc1ccc(NC(=O)COC(=O)c2cc3c(F)cccc3s2)cc1Cl. The number of carbonyl (C=O) groups is 2. The van der Waals surface area contributed by atoms with Crippen molar-refractivity contribution >= 4 is 50.6 Å². The molecular weight excluding hydrogens is 381 g/mol. The first-order valence-electron chi connectivity index (χ1n) is 7.46. The lowest BCUT2D eigenvalue weighted by Gasteiger charge is -2.08. The molecule has 0 aliphatic heterocycles. The zero-order valence-corrected chi connectivity index (χ0v) is 15.1. The van der Waals surface area contributed by atoms with E-state index < -0.39 is 24.3 Å². The fourth-order valence-corrected chi connectivity index (χ4v) is 3.50. The number of carbonyl (C=O) groups excluding carboxylic acids is 2. The lowest BCUT2D eigenvalue weighted by atomic mass is 10.2. The van der Waals surface area contributed by atoms with Crippen LogP contribution in [0.1, 0.15) is 9.67 Å². The van der Waals surface area contributed by atoms with Crippen molar-refractivity contribution in [1.29, 1.82) is 0 Å². The summed E-state index contributed by atoms with van der Waals surface area (Å²) < 4.78 is 24.3.